The van der Waals surface area contributed by atoms with Crippen LogP contribution in [0.4, 0.5) is 5.82 Å². The maximum Gasteiger partial charge on any atom is 0.151 e. The van der Waals surface area contributed by atoms with Gasteiger partial charge in [-0.3, -0.25) is 4.79 Å². The molecular formula is C17H24N2O2. The molecule has 0 N–H and O–H groups in total. The van der Waals surface area contributed by atoms with E-state index in [2.05, 4.69) is 9.88 Å². The summed E-state index contributed by atoms with van der Waals surface area (Å²) in [5.41, 5.74) is 0.634. The van der Waals surface area contributed by atoms with Crippen LogP contribution in [0, 0.1) is 0 Å². The predicted octanol–water partition coefficient (Wildman–Crippen LogP) is 3.21. The van der Waals surface area contributed by atoms with Gasteiger partial charge >= 0.3 is 0 Å². The van der Waals surface area contributed by atoms with Crippen molar-refractivity contribution in [2.45, 2.75) is 57.2 Å². The Morgan fingerprint density at radius 1 is 1.05 bits per heavy atom. The molecule has 3 rings (SSSR count). The molecule has 0 bridgehead atoms. The molecule has 2 heterocycles. The number of carbonyl (C=O) groups is 1. The van der Waals surface area contributed by atoms with Crippen molar-refractivity contribution in [2.75, 3.05) is 18.0 Å². The Hall–Kier alpha value is -1.42. The Balaban J connectivity index is 1.48. The fraction of sp³-hybridized carbons (Fsp3) is 0.647. The minimum atomic E-state index is 0.415. The van der Waals surface area contributed by atoms with E-state index in [1.54, 1.807) is 6.20 Å². The number of pyridine rings is 1. The van der Waals surface area contributed by atoms with E-state index in [9.17, 15) is 4.79 Å². The largest absolute Gasteiger partial charge is 0.375 e. The van der Waals surface area contributed by atoms with Crippen molar-refractivity contribution in [3.05, 3.63) is 23.9 Å². The molecule has 2 aliphatic rings. The lowest BCUT2D eigenvalue weighted by Gasteiger charge is -2.35. The van der Waals surface area contributed by atoms with Crippen molar-refractivity contribution in [3.63, 3.8) is 0 Å². The highest BCUT2D eigenvalue weighted by Gasteiger charge is 2.24. The van der Waals surface area contributed by atoms with Gasteiger partial charge in [0.05, 0.1) is 12.2 Å². The van der Waals surface area contributed by atoms with Crippen LogP contribution in [0.3, 0.4) is 0 Å². The number of hydrogen-bond acceptors (Lipinski definition) is 4. The first-order chi connectivity index (χ1) is 10.3. The van der Waals surface area contributed by atoms with E-state index < -0.39 is 0 Å². The van der Waals surface area contributed by atoms with E-state index in [4.69, 9.17) is 4.74 Å². The average molecular weight is 288 g/mol. The van der Waals surface area contributed by atoms with Gasteiger partial charge in [0.25, 0.3) is 0 Å². The Bertz CT molecular complexity index is 446. The number of anilines is 1. The average Bonchev–Trinajstić information content (AvgIpc) is 2.57. The fourth-order valence-electron chi connectivity index (χ4n) is 3.35. The third-order valence-electron chi connectivity index (χ3n) is 4.61. The molecule has 0 atom stereocenters. The predicted molar refractivity (Wildman–Crippen MR) is 82.8 cm³/mol. The molecule has 0 unspecified atom stereocenters. The van der Waals surface area contributed by atoms with E-state index in [0.29, 0.717) is 17.8 Å². The van der Waals surface area contributed by atoms with E-state index in [-0.39, 0.29) is 0 Å². The van der Waals surface area contributed by atoms with Crippen LogP contribution in [0.5, 0.6) is 0 Å². The van der Waals surface area contributed by atoms with Crippen LogP contribution in [0.25, 0.3) is 0 Å². The number of aromatic nitrogens is 1. The molecule has 4 heteroatoms. The van der Waals surface area contributed by atoms with Crippen LogP contribution in [0.2, 0.25) is 0 Å². The van der Waals surface area contributed by atoms with Gasteiger partial charge in [-0.25, -0.2) is 4.98 Å². The number of piperidine rings is 1. The summed E-state index contributed by atoms with van der Waals surface area (Å²) in [5.74, 6) is 0.969. The Morgan fingerprint density at radius 3 is 2.38 bits per heavy atom. The second kappa shape index (κ2) is 7.03. The smallest absolute Gasteiger partial charge is 0.151 e. The number of ether oxygens (including phenoxy) is 1. The van der Waals surface area contributed by atoms with Gasteiger partial charge in [0.15, 0.2) is 6.29 Å². The van der Waals surface area contributed by atoms with E-state index >= 15 is 0 Å². The molecule has 1 aliphatic heterocycles. The van der Waals surface area contributed by atoms with Gasteiger partial charge in [0.1, 0.15) is 5.82 Å². The SMILES string of the molecule is O=Cc1ccc(N2CCC(OC3CCCCC3)CC2)nc1. The minimum Gasteiger partial charge on any atom is -0.375 e. The van der Waals surface area contributed by atoms with Crippen LogP contribution >= 0.6 is 0 Å². The molecule has 1 aromatic rings. The summed E-state index contributed by atoms with van der Waals surface area (Å²) >= 11 is 0. The van der Waals surface area contributed by atoms with Gasteiger partial charge < -0.3 is 9.64 Å². The molecule has 0 spiro atoms. The normalized spacial score (nSPS) is 21.4. The molecule has 4 nitrogen and oxygen atoms in total. The van der Waals surface area contributed by atoms with Crippen molar-refractivity contribution in [2.24, 2.45) is 0 Å². The van der Waals surface area contributed by atoms with Crippen LogP contribution < -0.4 is 4.90 Å². The zero-order chi connectivity index (χ0) is 14.5. The third-order valence-corrected chi connectivity index (χ3v) is 4.61. The summed E-state index contributed by atoms with van der Waals surface area (Å²) in [5, 5.41) is 0. The zero-order valence-electron chi connectivity index (χ0n) is 12.5. The van der Waals surface area contributed by atoms with Gasteiger partial charge in [-0.05, 0) is 37.8 Å². The molecule has 0 aromatic carbocycles. The number of aldehydes is 1. The number of carbonyl (C=O) groups excluding carboxylic acids is 1. The summed E-state index contributed by atoms with van der Waals surface area (Å²) in [7, 11) is 0. The lowest BCUT2D eigenvalue weighted by atomic mass is 9.97. The standard InChI is InChI=1S/C17H24N2O2/c20-13-14-6-7-17(18-12-14)19-10-8-16(9-11-19)21-15-4-2-1-3-5-15/h6-7,12-13,15-16H,1-5,8-11H2. The summed E-state index contributed by atoms with van der Waals surface area (Å²) < 4.78 is 6.26. The second-order valence-electron chi connectivity index (χ2n) is 6.15. The maximum absolute atomic E-state index is 10.7. The van der Waals surface area contributed by atoms with Crippen molar-refractivity contribution in [3.8, 4) is 0 Å². The van der Waals surface area contributed by atoms with Crippen molar-refractivity contribution < 1.29 is 9.53 Å². The highest BCUT2D eigenvalue weighted by atomic mass is 16.5. The molecule has 1 aromatic heterocycles. The summed E-state index contributed by atoms with van der Waals surface area (Å²) in [6.07, 6.45) is 12.1. The zero-order valence-corrected chi connectivity index (χ0v) is 12.5. The van der Waals surface area contributed by atoms with Crippen LogP contribution in [-0.4, -0.2) is 36.6 Å². The highest BCUT2D eigenvalue weighted by molar-refractivity contribution is 5.74. The summed E-state index contributed by atoms with van der Waals surface area (Å²) in [6, 6.07) is 3.77. The van der Waals surface area contributed by atoms with Gasteiger partial charge in [0.2, 0.25) is 0 Å². The molecule has 0 radical (unpaired) electrons. The first-order valence-corrected chi connectivity index (χ1v) is 8.17. The maximum atomic E-state index is 10.7. The lowest BCUT2D eigenvalue weighted by molar-refractivity contribution is -0.0395. The summed E-state index contributed by atoms with van der Waals surface area (Å²) in [4.78, 5) is 17.3. The van der Waals surface area contributed by atoms with E-state index in [1.807, 2.05) is 12.1 Å². The first kappa shape index (κ1) is 14.5. The fourth-order valence-corrected chi connectivity index (χ4v) is 3.35. The van der Waals surface area contributed by atoms with E-state index in [0.717, 1.165) is 38.0 Å². The Labute approximate surface area is 126 Å². The quantitative estimate of drug-likeness (QED) is 0.798. The lowest BCUT2D eigenvalue weighted by Crippen LogP contribution is -2.39. The molecule has 0 amide bonds. The Kier molecular flexibility index (Phi) is 4.86. The molecule has 2 fully saturated rings. The number of nitrogens with zero attached hydrogens (tertiary/aromatic N) is 2. The summed E-state index contributed by atoms with van der Waals surface area (Å²) in [6.45, 7) is 1.98. The molecule has 1 saturated carbocycles. The monoisotopic (exact) mass is 288 g/mol. The Morgan fingerprint density at radius 2 is 1.76 bits per heavy atom. The third kappa shape index (κ3) is 3.82. The minimum absolute atomic E-state index is 0.415. The number of hydrogen-bond donors (Lipinski definition) is 0. The van der Waals surface area contributed by atoms with E-state index in [1.165, 1.54) is 32.1 Å². The van der Waals surface area contributed by atoms with Gasteiger partial charge in [-0.1, -0.05) is 19.3 Å². The topological polar surface area (TPSA) is 42.4 Å². The van der Waals surface area contributed by atoms with Crippen molar-refractivity contribution in [1.29, 1.82) is 0 Å². The molecule has 114 valence electrons. The first-order valence-electron chi connectivity index (χ1n) is 8.17. The number of rotatable bonds is 4. The van der Waals surface area contributed by atoms with Crippen molar-refractivity contribution in [1.82, 2.24) is 4.98 Å². The van der Waals surface area contributed by atoms with Gasteiger partial charge in [-0.15, -0.1) is 0 Å². The molecular weight excluding hydrogens is 264 g/mol. The molecule has 21 heavy (non-hydrogen) atoms. The highest BCUT2D eigenvalue weighted by Crippen LogP contribution is 2.25. The van der Waals surface area contributed by atoms with Crippen molar-refractivity contribution >= 4 is 12.1 Å². The van der Waals surface area contributed by atoms with Gasteiger partial charge in [-0.2, -0.15) is 0 Å². The van der Waals surface area contributed by atoms with Crippen LogP contribution in [-0.2, 0) is 4.74 Å². The van der Waals surface area contributed by atoms with Crippen LogP contribution in [0.1, 0.15) is 55.3 Å². The molecule has 1 aliphatic carbocycles. The molecule has 1 saturated heterocycles. The van der Waals surface area contributed by atoms with Gasteiger partial charge in [0, 0.05) is 24.8 Å². The van der Waals surface area contributed by atoms with Crippen LogP contribution in [0.15, 0.2) is 18.3 Å². The second-order valence-corrected chi connectivity index (χ2v) is 6.15.